The summed E-state index contributed by atoms with van der Waals surface area (Å²) in [5.41, 5.74) is 4.94. The Hall–Kier alpha value is -3.35. The molecule has 0 radical (unpaired) electrons. The fraction of sp³-hybridized carbons (Fsp3) is 0.0870. The molecule has 0 saturated heterocycles. The zero-order valence-corrected chi connectivity index (χ0v) is 18.1. The van der Waals surface area contributed by atoms with E-state index in [0.29, 0.717) is 32.6 Å². The first-order valence-electron chi connectivity index (χ1n) is 9.30. The average Bonchev–Trinajstić information content (AvgIpc) is 2.77. The molecule has 3 rings (SSSR count). The number of anilines is 1. The Labute approximate surface area is 189 Å². The van der Waals surface area contributed by atoms with E-state index in [9.17, 15) is 9.59 Å². The Balaban J connectivity index is 1.50. The summed E-state index contributed by atoms with van der Waals surface area (Å²) in [5, 5.41) is 7.79. The molecule has 158 valence electrons. The molecule has 3 aromatic carbocycles. The van der Waals surface area contributed by atoms with Crippen LogP contribution in [0.4, 0.5) is 5.69 Å². The number of benzene rings is 3. The molecule has 31 heavy (non-hydrogen) atoms. The molecule has 6 nitrogen and oxygen atoms in total. The molecule has 0 heterocycles. The number of hydrogen-bond donors (Lipinski definition) is 2. The number of ether oxygens (including phenoxy) is 1. The van der Waals surface area contributed by atoms with Gasteiger partial charge in [0.1, 0.15) is 5.75 Å². The molecule has 0 fully saturated rings. The van der Waals surface area contributed by atoms with Crippen molar-refractivity contribution in [2.75, 3.05) is 11.9 Å². The van der Waals surface area contributed by atoms with Gasteiger partial charge in [0, 0.05) is 26.9 Å². The van der Waals surface area contributed by atoms with Gasteiger partial charge in [-0.3, -0.25) is 9.59 Å². The molecule has 0 aliphatic rings. The standard InChI is InChI=1S/C23H19Cl2N3O3/c1-15-19(24)7-4-8-21(15)27-23(30)16-9-11-18(12-10-16)31-14-22(29)28-26-13-17-5-2-3-6-20(17)25/h2-13H,14H2,1H3,(H,27,30)(H,28,29). The van der Waals surface area contributed by atoms with Crippen LogP contribution in [0.2, 0.25) is 10.0 Å². The van der Waals surface area contributed by atoms with Crippen LogP contribution in [0, 0.1) is 6.92 Å². The van der Waals surface area contributed by atoms with E-state index in [1.54, 1.807) is 60.7 Å². The Morgan fingerprint density at radius 3 is 2.42 bits per heavy atom. The molecule has 0 aliphatic heterocycles. The average molecular weight is 456 g/mol. The number of amides is 2. The van der Waals surface area contributed by atoms with Crippen LogP contribution in [0.5, 0.6) is 5.75 Å². The Bertz CT molecular complexity index is 1120. The highest BCUT2D eigenvalue weighted by Gasteiger charge is 2.10. The van der Waals surface area contributed by atoms with Crippen molar-refractivity contribution in [3.05, 3.63) is 93.5 Å². The second kappa shape index (κ2) is 10.6. The number of nitrogens with one attached hydrogen (secondary N) is 2. The first kappa shape index (κ1) is 22.3. The summed E-state index contributed by atoms with van der Waals surface area (Å²) in [6, 6.07) is 18.9. The Morgan fingerprint density at radius 1 is 0.968 bits per heavy atom. The third kappa shape index (κ3) is 6.31. The quantitative estimate of drug-likeness (QED) is 0.384. The van der Waals surface area contributed by atoms with Crippen LogP contribution in [-0.2, 0) is 4.79 Å². The maximum atomic E-state index is 12.4. The highest BCUT2D eigenvalue weighted by Crippen LogP contribution is 2.23. The minimum atomic E-state index is -0.429. The lowest BCUT2D eigenvalue weighted by atomic mass is 10.1. The number of hydrazone groups is 1. The molecule has 3 aromatic rings. The van der Waals surface area contributed by atoms with Gasteiger partial charge < -0.3 is 10.1 Å². The number of hydrogen-bond acceptors (Lipinski definition) is 4. The first-order chi connectivity index (χ1) is 14.9. The van der Waals surface area contributed by atoms with E-state index in [0.717, 1.165) is 5.56 Å². The van der Waals surface area contributed by atoms with Crippen LogP contribution in [0.15, 0.2) is 71.8 Å². The third-order valence-electron chi connectivity index (χ3n) is 4.30. The largest absolute Gasteiger partial charge is 0.484 e. The molecule has 0 bridgehead atoms. The van der Waals surface area contributed by atoms with Crippen molar-refractivity contribution >= 4 is 46.9 Å². The molecule has 0 spiro atoms. The number of halogens is 2. The van der Waals surface area contributed by atoms with Crippen molar-refractivity contribution in [3.63, 3.8) is 0 Å². The summed E-state index contributed by atoms with van der Waals surface area (Å²) < 4.78 is 5.42. The van der Waals surface area contributed by atoms with E-state index in [-0.39, 0.29) is 12.5 Å². The molecule has 2 N–H and O–H groups in total. The van der Waals surface area contributed by atoms with Crippen molar-refractivity contribution in [1.29, 1.82) is 0 Å². The van der Waals surface area contributed by atoms with Gasteiger partial charge in [0.15, 0.2) is 6.61 Å². The van der Waals surface area contributed by atoms with Gasteiger partial charge >= 0.3 is 0 Å². The van der Waals surface area contributed by atoms with Gasteiger partial charge in [-0.05, 0) is 55.0 Å². The maximum absolute atomic E-state index is 12.4. The van der Waals surface area contributed by atoms with Gasteiger partial charge in [-0.2, -0.15) is 5.10 Å². The second-order valence-electron chi connectivity index (χ2n) is 6.49. The molecule has 0 saturated carbocycles. The molecule has 8 heteroatoms. The molecular formula is C23H19Cl2N3O3. The molecule has 0 unspecified atom stereocenters. The van der Waals surface area contributed by atoms with E-state index < -0.39 is 5.91 Å². The van der Waals surface area contributed by atoms with Crippen molar-refractivity contribution in [2.45, 2.75) is 6.92 Å². The van der Waals surface area contributed by atoms with E-state index in [2.05, 4.69) is 15.8 Å². The van der Waals surface area contributed by atoms with E-state index in [1.165, 1.54) is 6.21 Å². The van der Waals surface area contributed by atoms with Crippen LogP contribution in [0.1, 0.15) is 21.5 Å². The molecule has 0 aromatic heterocycles. The minimum absolute atomic E-state index is 0.229. The van der Waals surface area contributed by atoms with Crippen LogP contribution in [0.3, 0.4) is 0 Å². The monoisotopic (exact) mass is 455 g/mol. The van der Waals surface area contributed by atoms with E-state index in [4.69, 9.17) is 27.9 Å². The van der Waals surface area contributed by atoms with E-state index in [1.807, 2.05) is 13.0 Å². The molecule has 2 amide bonds. The molecular weight excluding hydrogens is 437 g/mol. The Kier molecular flexibility index (Phi) is 7.65. The van der Waals surface area contributed by atoms with Crippen LogP contribution in [0.25, 0.3) is 0 Å². The number of carbonyl (C=O) groups excluding carboxylic acids is 2. The van der Waals surface area contributed by atoms with Gasteiger partial charge in [-0.25, -0.2) is 5.43 Å². The highest BCUT2D eigenvalue weighted by atomic mass is 35.5. The van der Waals surface area contributed by atoms with Crippen LogP contribution >= 0.6 is 23.2 Å². The lowest BCUT2D eigenvalue weighted by Crippen LogP contribution is -2.24. The first-order valence-corrected chi connectivity index (χ1v) is 10.1. The van der Waals surface area contributed by atoms with Gasteiger partial charge in [0.25, 0.3) is 11.8 Å². The zero-order chi connectivity index (χ0) is 22.2. The van der Waals surface area contributed by atoms with Crippen LogP contribution < -0.4 is 15.5 Å². The summed E-state index contributed by atoms with van der Waals surface area (Å²) in [6.07, 6.45) is 1.45. The van der Waals surface area contributed by atoms with Crippen molar-refractivity contribution in [1.82, 2.24) is 5.43 Å². The number of nitrogens with zero attached hydrogens (tertiary/aromatic N) is 1. The predicted molar refractivity (Wildman–Crippen MR) is 123 cm³/mol. The Morgan fingerprint density at radius 2 is 1.68 bits per heavy atom. The number of rotatable bonds is 7. The molecule has 0 atom stereocenters. The predicted octanol–water partition coefficient (Wildman–Crippen LogP) is 5.08. The topological polar surface area (TPSA) is 79.8 Å². The second-order valence-corrected chi connectivity index (χ2v) is 7.31. The van der Waals surface area contributed by atoms with Gasteiger partial charge in [0.05, 0.1) is 6.21 Å². The fourth-order valence-corrected chi connectivity index (χ4v) is 2.93. The van der Waals surface area contributed by atoms with Gasteiger partial charge in [-0.1, -0.05) is 47.5 Å². The highest BCUT2D eigenvalue weighted by molar-refractivity contribution is 6.33. The SMILES string of the molecule is Cc1c(Cl)cccc1NC(=O)c1ccc(OCC(=O)NN=Cc2ccccc2Cl)cc1. The lowest BCUT2D eigenvalue weighted by Gasteiger charge is -2.10. The van der Waals surface area contributed by atoms with Crippen molar-refractivity contribution in [3.8, 4) is 5.75 Å². The van der Waals surface area contributed by atoms with Gasteiger partial charge in [0.2, 0.25) is 0 Å². The maximum Gasteiger partial charge on any atom is 0.277 e. The zero-order valence-electron chi connectivity index (χ0n) is 16.6. The lowest BCUT2D eigenvalue weighted by molar-refractivity contribution is -0.123. The normalized spacial score (nSPS) is 10.7. The fourth-order valence-electron chi connectivity index (χ4n) is 2.57. The smallest absolute Gasteiger partial charge is 0.277 e. The van der Waals surface area contributed by atoms with E-state index >= 15 is 0 Å². The minimum Gasteiger partial charge on any atom is -0.484 e. The van der Waals surface area contributed by atoms with Crippen molar-refractivity contribution < 1.29 is 14.3 Å². The van der Waals surface area contributed by atoms with Gasteiger partial charge in [-0.15, -0.1) is 0 Å². The summed E-state index contributed by atoms with van der Waals surface area (Å²) >= 11 is 12.1. The summed E-state index contributed by atoms with van der Waals surface area (Å²) in [7, 11) is 0. The molecule has 0 aliphatic carbocycles. The van der Waals surface area contributed by atoms with Crippen LogP contribution in [-0.4, -0.2) is 24.6 Å². The summed E-state index contributed by atoms with van der Waals surface area (Å²) in [4.78, 5) is 24.3. The summed E-state index contributed by atoms with van der Waals surface area (Å²) in [6.45, 7) is 1.60. The summed E-state index contributed by atoms with van der Waals surface area (Å²) in [5.74, 6) is -0.258. The third-order valence-corrected chi connectivity index (χ3v) is 5.05. The van der Waals surface area contributed by atoms with Crippen molar-refractivity contribution in [2.24, 2.45) is 5.10 Å². The number of carbonyl (C=O) groups is 2.